The quantitative estimate of drug-likeness (QED) is 0.577. The maximum absolute atomic E-state index is 12.7. The highest BCUT2D eigenvalue weighted by Crippen LogP contribution is 2.28. The summed E-state index contributed by atoms with van der Waals surface area (Å²) in [6.45, 7) is 7.40. The van der Waals surface area contributed by atoms with Crippen LogP contribution in [0.1, 0.15) is 44.3 Å². The van der Waals surface area contributed by atoms with Gasteiger partial charge >= 0.3 is 5.97 Å². The lowest BCUT2D eigenvalue weighted by Gasteiger charge is -2.16. The maximum Gasteiger partial charge on any atom is 0.338 e. The zero-order valence-corrected chi connectivity index (χ0v) is 16.0. The zero-order valence-electron chi connectivity index (χ0n) is 16.0. The van der Waals surface area contributed by atoms with Crippen LogP contribution in [0.15, 0.2) is 30.3 Å². The second-order valence-electron chi connectivity index (χ2n) is 6.23. The monoisotopic (exact) mass is 356 g/mol. The number of hydrogen-bond donors (Lipinski definition) is 0. The molecule has 0 saturated heterocycles. The Morgan fingerprint density at radius 1 is 0.846 bits per heavy atom. The third-order valence-corrected chi connectivity index (χ3v) is 4.38. The van der Waals surface area contributed by atoms with Crippen molar-refractivity contribution in [3.63, 3.8) is 0 Å². The number of Topliss-reactive ketones (excluding diaryl/α,β-unsaturated/α-hetero) is 1. The summed E-state index contributed by atoms with van der Waals surface area (Å²) in [7, 11) is 3.00. The molecule has 5 nitrogen and oxygen atoms in total. The number of ether oxygens (including phenoxy) is 3. The molecule has 0 aliphatic heterocycles. The molecule has 0 spiro atoms. The molecule has 0 unspecified atom stereocenters. The van der Waals surface area contributed by atoms with Gasteiger partial charge in [-0.05, 0) is 68.7 Å². The van der Waals surface area contributed by atoms with Crippen molar-refractivity contribution in [1.82, 2.24) is 0 Å². The summed E-state index contributed by atoms with van der Waals surface area (Å²) in [4.78, 5) is 25.1. The van der Waals surface area contributed by atoms with Gasteiger partial charge in [0.2, 0.25) is 5.78 Å². The van der Waals surface area contributed by atoms with Crippen molar-refractivity contribution in [2.45, 2.75) is 33.8 Å². The Hall–Kier alpha value is -2.82. The second-order valence-corrected chi connectivity index (χ2v) is 6.23. The number of aryl methyl sites for hydroxylation is 3. The highest BCUT2D eigenvalue weighted by Gasteiger charge is 2.23. The standard InChI is InChI=1S/C21H24O5/c1-12-9-14(3)17(10-13(12)2)20(22)15(4)26-21(23)16-7-8-18(24-5)19(11-16)25-6/h7-11,15H,1-6H3/t15-/m0/s1. The van der Waals surface area contributed by atoms with Crippen LogP contribution in [0.4, 0.5) is 0 Å². The molecule has 0 amide bonds. The Bertz CT molecular complexity index is 839. The lowest BCUT2D eigenvalue weighted by atomic mass is 9.96. The summed E-state index contributed by atoms with van der Waals surface area (Å²) in [5.41, 5.74) is 3.87. The first-order valence-corrected chi connectivity index (χ1v) is 8.33. The number of rotatable bonds is 6. The van der Waals surface area contributed by atoms with Gasteiger partial charge < -0.3 is 14.2 Å². The van der Waals surface area contributed by atoms with E-state index < -0.39 is 12.1 Å². The fourth-order valence-corrected chi connectivity index (χ4v) is 2.69. The van der Waals surface area contributed by atoms with Crippen molar-refractivity contribution in [2.24, 2.45) is 0 Å². The van der Waals surface area contributed by atoms with E-state index in [-0.39, 0.29) is 5.78 Å². The van der Waals surface area contributed by atoms with Crippen LogP contribution in [-0.2, 0) is 4.74 Å². The van der Waals surface area contributed by atoms with E-state index in [1.165, 1.54) is 20.3 Å². The van der Waals surface area contributed by atoms with E-state index in [1.54, 1.807) is 19.1 Å². The van der Waals surface area contributed by atoms with E-state index in [2.05, 4.69) is 0 Å². The van der Waals surface area contributed by atoms with E-state index in [1.807, 2.05) is 32.9 Å². The Balaban J connectivity index is 2.19. The summed E-state index contributed by atoms with van der Waals surface area (Å²) < 4.78 is 15.7. The van der Waals surface area contributed by atoms with Crippen LogP contribution in [0.2, 0.25) is 0 Å². The molecule has 0 heterocycles. The van der Waals surface area contributed by atoms with Crippen LogP contribution < -0.4 is 9.47 Å². The minimum atomic E-state index is -0.892. The summed E-state index contributed by atoms with van der Waals surface area (Å²) in [6.07, 6.45) is -0.892. The second kappa shape index (κ2) is 8.04. The van der Waals surface area contributed by atoms with Crippen molar-refractivity contribution < 1.29 is 23.8 Å². The zero-order chi connectivity index (χ0) is 19.4. The number of carbonyl (C=O) groups excluding carboxylic acids is 2. The molecule has 2 aromatic rings. The molecule has 1 atom stereocenters. The smallest absolute Gasteiger partial charge is 0.338 e. The van der Waals surface area contributed by atoms with Gasteiger partial charge in [-0.2, -0.15) is 0 Å². The van der Waals surface area contributed by atoms with Crippen molar-refractivity contribution in [2.75, 3.05) is 14.2 Å². The molecule has 0 bridgehead atoms. The average Bonchev–Trinajstić information content (AvgIpc) is 2.63. The summed E-state index contributed by atoms with van der Waals surface area (Å²) in [6, 6.07) is 8.52. The van der Waals surface area contributed by atoms with Gasteiger partial charge in [0.1, 0.15) is 0 Å². The average molecular weight is 356 g/mol. The SMILES string of the molecule is COc1ccc(C(=O)O[C@@H](C)C(=O)c2cc(C)c(C)cc2C)cc1OC. The van der Waals surface area contributed by atoms with Crippen molar-refractivity contribution in [3.8, 4) is 11.5 Å². The molecule has 2 aromatic carbocycles. The van der Waals surface area contributed by atoms with E-state index in [0.717, 1.165) is 16.7 Å². The molecule has 138 valence electrons. The molecule has 5 heteroatoms. The molecule has 2 rings (SSSR count). The molecule has 0 aliphatic rings. The van der Waals surface area contributed by atoms with Crippen LogP contribution in [-0.4, -0.2) is 32.1 Å². The van der Waals surface area contributed by atoms with Gasteiger partial charge in [-0.15, -0.1) is 0 Å². The number of hydrogen-bond acceptors (Lipinski definition) is 5. The van der Waals surface area contributed by atoms with Gasteiger partial charge in [-0.25, -0.2) is 4.79 Å². The number of esters is 1. The Labute approximate surface area is 153 Å². The normalized spacial score (nSPS) is 11.6. The van der Waals surface area contributed by atoms with Crippen molar-refractivity contribution in [3.05, 3.63) is 58.1 Å². The topological polar surface area (TPSA) is 61.8 Å². The molecule has 0 radical (unpaired) electrons. The van der Waals surface area contributed by atoms with Gasteiger partial charge in [0.05, 0.1) is 19.8 Å². The van der Waals surface area contributed by atoms with Crippen LogP contribution in [0, 0.1) is 20.8 Å². The largest absolute Gasteiger partial charge is 0.493 e. The number of ketones is 1. The molecule has 0 saturated carbocycles. The van der Waals surface area contributed by atoms with Gasteiger partial charge in [0.15, 0.2) is 17.6 Å². The molecular formula is C21H24O5. The van der Waals surface area contributed by atoms with Crippen LogP contribution in [0.5, 0.6) is 11.5 Å². The van der Waals surface area contributed by atoms with Crippen LogP contribution >= 0.6 is 0 Å². The van der Waals surface area contributed by atoms with Gasteiger partial charge in [-0.1, -0.05) is 6.07 Å². The fourth-order valence-electron chi connectivity index (χ4n) is 2.69. The number of carbonyl (C=O) groups is 2. The minimum absolute atomic E-state index is 0.223. The Kier molecular flexibility index (Phi) is 6.03. The van der Waals surface area contributed by atoms with Gasteiger partial charge in [0.25, 0.3) is 0 Å². The highest BCUT2D eigenvalue weighted by atomic mass is 16.5. The van der Waals surface area contributed by atoms with Crippen molar-refractivity contribution >= 4 is 11.8 Å². The fraction of sp³-hybridized carbons (Fsp3) is 0.333. The first-order valence-electron chi connectivity index (χ1n) is 8.33. The first kappa shape index (κ1) is 19.5. The summed E-state index contributed by atoms with van der Waals surface area (Å²) in [5, 5.41) is 0. The third kappa shape index (κ3) is 4.04. The molecule has 0 N–H and O–H groups in total. The lowest BCUT2D eigenvalue weighted by molar-refractivity contribution is 0.0318. The van der Waals surface area contributed by atoms with Gasteiger partial charge in [-0.3, -0.25) is 4.79 Å². The van der Waals surface area contributed by atoms with E-state index in [4.69, 9.17) is 14.2 Å². The molecule has 0 aromatic heterocycles. The van der Waals surface area contributed by atoms with Gasteiger partial charge in [0, 0.05) is 5.56 Å². The molecule has 0 fully saturated rings. The van der Waals surface area contributed by atoms with Crippen molar-refractivity contribution in [1.29, 1.82) is 0 Å². The highest BCUT2D eigenvalue weighted by molar-refractivity contribution is 6.02. The van der Waals surface area contributed by atoms with E-state index in [9.17, 15) is 9.59 Å². The minimum Gasteiger partial charge on any atom is -0.493 e. The first-order chi connectivity index (χ1) is 12.3. The van der Waals surface area contributed by atoms with Crippen LogP contribution in [0.25, 0.3) is 0 Å². The van der Waals surface area contributed by atoms with E-state index in [0.29, 0.717) is 22.6 Å². The predicted octanol–water partition coefficient (Wildman–Crippen LogP) is 4.06. The van der Waals surface area contributed by atoms with E-state index >= 15 is 0 Å². The third-order valence-electron chi connectivity index (χ3n) is 4.38. The Morgan fingerprint density at radius 2 is 1.46 bits per heavy atom. The lowest BCUT2D eigenvalue weighted by Crippen LogP contribution is -2.25. The predicted molar refractivity (Wildman–Crippen MR) is 99.4 cm³/mol. The summed E-state index contributed by atoms with van der Waals surface area (Å²) >= 11 is 0. The maximum atomic E-state index is 12.7. The number of benzene rings is 2. The Morgan fingerprint density at radius 3 is 2.08 bits per heavy atom. The van der Waals surface area contributed by atoms with Crippen LogP contribution in [0.3, 0.4) is 0 Å². The molecule has 26 heavy (non-hydrogen) atoms. The molecular weight excluding hydrogens is 332 g/mol. The molecule has 0 aliphatic carbocycles. The number of methoxy groups -OCH3 is 2. The summed E-state index contributed by atoms with van der Waals surface area (Å²) in [5.74, 6) is 0.123.